The van der Waals surface area contributed by atoms with E-state index in [1.807, 2.05) is 80.6 Å². The zero-order valence-electron chi connectivity index (χ0n) is 18.5. The average Bonchev–Trinajstić information content (AvgIpc) is 2.82. The summed E-state index contributed by atoms with van der Waals surface area (Å²) in [5, 5.41) is 4.96. The number of nitrogens with one attached hydrogen (secondary N) is 1. The van der Waals surface area contributed by atoms with Crippen LogP contribution in [-0.4, -0.2) is 42.5 Å². The van der Waals surface area contributed by atoms with E-state index < -0.39 is 6.04 Å². The largest absolute Gasteiger partial charge is 0.483 e. The van der Waals surface area contributed by atoms with E-state index in [0.29, 0.717) is 31.7 Å². The van der Waals surface area contributed by atoms with Crippen LogP contribution in [0.15, 0.2) is 71.2 Å². The van der Waals surface area contributed by atoms with Crippen molar-refractivity contribution in [3.63, 3.8) is 0 Å². The van der Waals surface area contributed by atoms with E-state index in [1.54, 1.807) is 4.90 Å². The molecule has 3 aromatic carbocycles. The molecule has 3 rings (SSSR count). The molecule has 0 saturated carbocycles. The van der Waals surface area contributed by atoms with Crippen LogP contribution < -0.4 is 10.1 Å². The third kappa shape index (κ3) is 5.88. The fourth-order valence-electron chi connectivity index (χ4n) is 3.74. The van der Waals surface area contributed by atoms with E-state index in [9.17, 15) is 9.59 Å². The number of fused-ring (bicyclic) bond motifs is 1. The summed E-state index contributed by atoms with van der Waals surface area (Å²) in [7, 11) is 0. The van der Waals surface area contributed by atoms with Crippen molar-refractivity contribution in [1.82, 2.24) is 10.2 Å². The first kappa shape index (κ1) is 23.8. The Morgan fingerprint density at radius 2 is 1.72 bits per heavy atom. The number of rotatable bonds is 10. The molecule has 0 aliphatic heterocycles. The van der Waals surface area contributed by atoms with Crippen molar-refractivity contribution in [2.45, 2.75) is 32.7 Å². The highest BCUT2D eigenvalue weighted by atomic mass is 79.9. The topological polar surface area (TPSA) is 58.6 Å². The summed E-state index contributed by atoms with van der Waals surface area (Å²) < 4.78 is 6.72. The summed E-state index contributed by atoms with van der Waals surface area (Å²) >= 11 is 3.60. The number of likely N-dealkylation sites (N-methyl/N-ethyl adjacent to an activating group) is 1. The van der Waals surface area contributed by atoms with Crippen molar-refractivity contribution in [2.24, 2.45) is 0 Å². The molecule has 32 heavy (non-hydrogen) atoms. The van der Waals surface area contributed by atoms with Gasteiger partial charge in [0.15, 0.2) is 6.61 Å². The lowest BCUT2D eigenvalue weighted by molar-refractivity contribution is -0.142. The van der Waals surface area contributed by atoms with E-state index in [0.717, 1.165) is 20.8 Å². The molecular weight excluding hydrogens is 468 g/mol. The summed E-state index contributed by atoms with van der Waals surface area (Å²) in [5.74, 6) is 0.258. The Bertz CT molecular complexity index is 1060. The monoisotopic (exact) mass is 496 g/mol. The standard InChI is InChI=1S/C26H29BrN2O3/c1-3-22(26(31)28-4-2)29(17-16-19-10-6-5-7-11-19)24(30)18-32-23-15-14-20-12-8-9-13-21(20)25(23)27/h5-15,22H,3-4,16-18H2,1-2H3,(H,28,31). The first-order valence-electron chi connectivity index (χ1n) is 11.0. The minimum absolute atomic E-state index is 0.136. The van der Waals surface area contributed by atoms with E-state index in [2.05, 4.69) is 21.2 Å². The van der Waals surface area contributed by atoms with Crippen molar-refractivity contribution in [1.29, 1.82) is 0 Å². The Morgan fingerprint density at radius 1 is 1.00 bits per heavy atom. The van der Waals surface area contributed by atoms with E-state index >= 15 is 0 Å². The molecule has 6 heteroatoms. The Morgan fingerprint density at radius 3 is 2.44 bits per heavy atom. The van der Waals surface area contributed by atoms with Crippen LogP contribution in [0.2, 0.25) is 0 Å². The molecule has 1 N–H and O–H groups in total. The van der Waals surface area contributed by atoms with Crippen molar-refractivity contribution in [2.75, 3.05) is 19.7 Å². The maximum absolute atomic E-state index is 13.2. The maximum Gasteiger partial charge on any atom is 0.261 e. The molecule has 2 amide bonds. The SMILES string of the molecule is CCNC(=O)C(CC)N(CCc1ccccc1)C(=O)COc1ccc2ccccc2c1Br. The predicted octanol–water partition coefficient (Wildman–Crippen LogP) is 4.97. The van der Waals surface area contributed by atoms with Gasteiger partial charge < -0.3 is 15.0 Å². The molecule has 0 radical (unpaired) electrons. The van der Waals surface area contributed by atoms with Crippen LogP contribution in [0.4, 0.5) is 0 Å². The Kier molecular flexibility index (Phi) is 8.68. The molecular formula is C26H29BrN2O3. The number of amides is 2. The first-order chi connectivity index (χ1) is 15.5. The molecule has 0 spiro atoms. The molecule has 0 saturated heterocycles. The number of nitrogens with zero attached hydrogens (tertiary/aromatic N) is 1. The number of carbonyl (C=O) groups is 2. The minimum Gasteiger partial charge on any atom is -0.483 e. The zero-order chi connectivity index (χ0) is 22.9. The molecule has 1 unspecified atom stereocenters. The second kappa shape index (κ2) is 11.7. The van der Waals surface area contributed by atoms with Gasteiger partial charge in [-0.25, -0.2) is 0 Å². The van der Waals surface area contributed by atoms with Gasteiger partial charge in [0, 0.05) is 13.1 Å². The lowest BCUT2D eigenvalue weighted by atomic mass is 10.1. The average molecular weight is 497 g/mol. The van der Waals surface area contributed by atoms with Crippen LogP contribution in [0.5, 0.6) is 5.75 Å². The lowest BCUT2D eigenvalue weighted by Gasteiger charge is -2.30. The summed E-state index contributed by atoms with van der Waals surface area (Å²) in [6.45, 7) is 4.63. The summed E-state index contributed by atoms with van der Waals surface area (Å²) in [5.41, 5.74) is 1.12. The lowest BCUT2D eigenvalue weighted by Crippen LogP contribution is -2.51. The van der Waals surface area contributed by atoms with Crippen molar-refractivity contribution in [3.05, 3.63) is 76.8 Å². The molecule has 0 aliphatic carbocycles. The second-order valence-electron chi connectivity index (χ2n) is 7.53. The minimum atomic E-state index is -0.533. The molecule has 5 nitrogen and oxygen atoms in total. The van der Waals surface area contributed by atoms with Crippen LogP contribution >= 0.6 is 15.9 Å². The zero-order valence-corrected chi connectivity index (χ0v) is 20.1. The van der Waals surface area contributed by atoms with Crippen LogP contribution in [0.1, 0.15) is 25.8 Å². The number of halogens is 1. The molecule has 0 aliphatic rings. The van der Waals surface area contributed by atoms with Gasteiger partial charge in [0.1, 0.15) is 11.8 Å². The van der Waals surface area contributed by atoms with Gasteiger partial charge in [-0.1, -0.05) is 67.6 Å². The molecule has 168 valence electrons. The van der Waals surface area contributed by atoms with Crippen molar-refractivity contribution >= 4 is 38.5 Å². The quantitative estimate of drug-likeness (QED) is 0.431. The Labute approximate surface area is 197 Å². The van der Waals surface area contributed by atoms with Gasteiger partial charge in [-0.05, 0) is 58.1 Å². The molecule has 0 heterocycles. The van der Waals surface area contributed by atoms with Crippen LogP contribution in [-0.2, 0) is 16.0 Å². The van der Waals surface area contributed by atoms with Gasteiger partial charge in [0.25, 0.3) is 5.91 Å². The summed E-state index contributed by atoms with van der Waals surface area (Å²) in [6, 6.07) is 21.2. The van der Waals surface area contributed by atoms with Crippen LogP contribution in [0.25, 0.3) is 10.8 Å². The number of benzene rings is 3. The smallest absolute Gasteiger partial charge is 0.261 e. The summed E-state index contributed by atoms with van der Waals surface area (Å²) in [6.07, 6.45) is 1.20. The third-order valence-corrected chi connectivity index (χ3v) is 6.22. The molecule has 1 atom stereocenters. The molecule has 0 aromatic heterocycles. The van der Waals surface area contributed by atoms with E-state index in [4.69, 9.17) is 4.74 Å². The van der Waals surface area contributed by atoms with Crippen molar-refractivity contribution in [3.8, 4) is 5.75 Å². The second-order valence-corrected chi connectivity index (χ2v) is 8.32. The predicted molar refractivity (Wildman–Crippen MR) is 132 cm³/mol. The Hall–Kier alpha value is -2.86. The highest BCUT2D eigenvalue weighted by Crippen LogP contribution is 2.33. The van der Waals surface area contributed by atoms with Gasteiger partial charge in [-0.15, -0.1) is 0 Å². The number of hydrogen-bond donors (Lipinski definition) is 1. The number of hydrogen-bond acceptors (Lipinski definition) is 3. The van der Waals surface area contributed by atoms with Gasteiger partial charge in [-0.3, -0.25) is 9.59 Å². The maximum atomic E-state index is 13.2. The van der Waals surface area contributed by atoms with Gasteiger partial charge in [-0.2, -0.15) is 0 Å². The normalized spacial score (nSPS) is 11.7. The molecule has 0 fully saturated rings. The van der Waals surface area contributed by atoms with Gasteiger partial charge in [0.05, 0.1) is 4.47 Å². The third-order valence-electron chi connectivity index (χ3n) is 5.40. The molecule has 0 bridgehead atoms. The Balaban J connectivity index is 1.76. The van der Waals surface area contributed by atoms with Gasteiger partial charge >= 0.3 is 0 Å². The van der Waals surface area contributed by atoms with Crippen LogP contribution in [0, 0.1) is 0 Å². The highest BCUT2D eigenvalue weighted by Gasteiger charge is 2.28. The van der Waals surface area contributed by atoms with E-state index in [1.165, 1.54) is 0 Å². The van der Waals surface area contributed by atoms with Crippen molar-refractivity contribution < 1.29 is 14.3 Å². The fourth-order valence-corrected chi connectivity index (χ4v) is 4.34. The van der Waals surface area contributed by atoms with Gasteiger partial charge in [0.2, 0.25) is 5.91 Å². The van der Waals surface area contributed by atoms with E-state index in [-0.39, 0.29) is 18.4 Å². The number of ether oxygens (including phenoxy) is 1. The fraction of sp³-hybridized carbons (Fsp3) is 0.308. The highest BCUT2D eigenvalue weighted by molar-refractivity contribution is 9.10. The first-order valence-corrected chi connectivity index (χ1v) is 11.8. The van der Waals surface area contributed by atoms with Crippen LogP contribution in [0.3, 0.4) is 0 Å². The molecule has 3 aromatic rings. The summed E-state index contributed by atoms with van der Waals surface area (Å²) in [4.78, 5) is 27.5. The number of carbonyl (C=O) groups excluding carboxylic acids is 2.